The lowest BCUT2D eigenvalue weighted by Gasteiger charge is -2.04. The monoisotopic (exact) mass is 315 g/mol. The second-order valence-electron chi connectivity index (χ2n) is 4.78. The predicted molar refractivity (Wildman–Crippen MR) is 84.1 cm³/mol. The lowest BCUT2D eigenvalue weighted by Crippen LogP contribution is -2.11. The van der Waals surface area contributed by atoms with Gasteiger partial charge in [-0.15, -0.1) is 0 Å². The van der Waals surface area contributed by atoms with Gasteiger partial charge in [0.15, 0.2) is 11.3 Å². The van der Waals surface area contributed by atoms with Crippen LogP contribution >= 0.6 is 11.6 Å². The first-order valence-corrected chi connectivity index (χ1v) is 7.28. The van der Waals surface area contributed by atoms with Gasteiger partial charge in [0.2, 0.25) is 0 Å². The van der Waals surface area contributed by atoms with Crippen molar-refractivity contribution in [1.82, 2.24) is 14.6 Å². The Labute approximate surface area is 132 Å². The molecule has 0 amide bonds. The molecule has 0 bridgehead atoms. The molecule has 3 aromatic rings. The smallest absolute Gasteiger partial charge is 0.359 e. The number of carbonyl (C=O) groups is 1. The Morgan fingerprint density at radius 1 is 1.32 bits per heavy atom. The summed E-state index contributed by atoms with van der Waals surface area (Å²) in [5.74, 6) is -0.469. The Kier molecular flexibility index (Phi) is 3.81. The third kappa shape index (κ3) is 2.44. The number of imidazole rings is 1. The van der Waals surface area contributed by atoms with Crippen molar-refractivity contribution in [2.24, 2.45) is 0 Å². The summed E-state index contributed by atoms with van der Waals surface area (Å²) in [5, 5.41) is 4.50. The molecular formula is C16H14ClN3O2. The molecule has 0 spiro atoms. The van der Waals surface area contributed by atoms with Gasteiger partial charge in [-0.25, -0.2) is 14.3 Å². The highest BCUT2D eigenvalue weighted by atomic mass is 35.5. The van der Waals surface area contributed by atoms with E-state index in [9.17, 15) is 4.79 Å². The summed E-state index contributed by atoms with van der Waals surface area (Å²) < 4.78 is 6.61. The maximum Gasteiger partial charge on any atom is 0.359 e. The number of esters is 1. The molecule has 2 aromatic heterocycles. The fraction of sp³-hybridized carbons (Fsp3) is 0.188. The first kappa shape index (κ1) is 14.5. The van der Waals surface area contributed by atoms with Gasteiger partial charge in [-0.3, -0.25) is 0 Å². The van der Waals surface area contributed by atoms with E-state index in [1.807, 2.05) is 37.3 Å². The number of hydrogen-bond donors (Lipinski definition) is 0. The van der Waals surface area contributed by atoms with E-state index < -0.39 is 5.97 Å². The number of hydrogen-bond acceptors (Lipinski definition) is 4. The maximum absolute atomic E-state index is 12.4. The number of benzene rings is 1. The van der Waals surface area contributed by atoms with Gasteiger partial charge in [0, 0.05) is 5.56 Å². The average Bonchev–Trinajstić information content (AvgIpc) is 2.88. The van der Waals surface area contributed by atoms with Crippen LogP contribution in [0.5, 0.6) is 0 Å². The summed E-state index contributed by atoms with van der Waals surface area (Å²) in [6.45, 7) is 3.91. The summed E-state index contributed by atoms with van der Waals surface area (Å²) in [4.78, 5) is 16.9. The van der Waals surface area contributed by atoms with Crippen LogP contribution in [0.15, 0.2) is 36.4 Å². The van der Waals surface area contributed by atoms with Crippen LogP contribution in [0.1, 0.15) is 23.0 Å². The van der Waals surface area contributed by atoms with Crippen LogP contribution in [-0.2, 0) is 4.74 Å². The summed E-state index contributed by atoms with van der Waals surface area (Å²) in [6.07, 6.45) is 0. The molecule has 0 N–H and O–H groups in total. The van der Waals surface area contributed by atoms with Crippen molar-refractivity contribution in [3.05, 3.63) is 52.8 Å². The number of aryl methyl sites for hydroxylation is 1. The molecule has 5 nitrogen and oxygen atoms in total. The zero-order valence-corrected chi connectivity index (χ0v) is 13.0. The topological polar surface area (TPSA) is 56.5 Å². The molecule has 0 radical (unpaired) electrons. The van der Waals surface area contributed by atoms with Crippen molar-refractivity contribution in [2.45, 2.75) is 13.8 Å². The van der Waals surface area contributed by atoms with E-state index in [0.29, 0.717) is 16.5 Å². The van der Waals surface area contributed by atoms with Crippen LogP contribution < -0.4 is 0 Å². The number of ether oxygens (including phenoxy) is 1. The second-order valence-corrected chi connectivity index (χ2v) is 5.17. The van der Waals surface area contributed by atoms with Crippen LogP contribution in [0.25, 0.3) is 16.9 Å². The molecule has 0 aliphatic carbocycles. The highest BCUT2D eigenvalue weighted by molar-refractivity contribution is 6.29. The molecule has 6 heteroatoms. The van der Waals surface area contributed by atoms with E-state index in [2.05, 4.69) is 10.1 Å². The molecule has 112 valence electrons. The van der Waals surface area contributed by atoms with Crippen LogP contribution in [-0.4, -0.2) is 27.2 Å². The minimum absolute atomic E-state index is 0.278. The second kappa shape index (κ2) is 5.77. The van der Waals surface area contributed by atoms with E-state index in [1.165, 1.54) is 4.52 Å². The predicted octanol–water partition coefficient (Wildman–Crippen LogP) is 3.53. The van der Waals surface area contributed by atoms with Gasteiger partial charge >= 0.3 is 5.97 Å². The van der Waals surface area contributed by atoms with Crippen molar-refractivity contribution in [1.29, 1.82) is 0 Å². The Bertz CT molecular complexity index is 843. The molecule has 0 aliphatic rings. The summed E-state index contributed by atoms with van der Waals surface area (Å²) in [7, 11) is 0. The van der Waals surface area contributed by atoms with Gasteiger partial charge in [0.05, 0.1) is 6.61 Å². The number of carbonyl (C=O) groups excluding carboxylic acids is 1. The largest absolute Gasteiger partial charge is 0.461 e. The highest BCUT2D eigenvalue weighted by Gasteiger charge is 2.23. The first-order valence-electron chi connectivity index (χ1n) is 6.90. The third-order valence-electron chi connectivity index (χ3n) is 3.25. The SMILES string of the molecule is CCOC(=O)c1c(-c2ccccc2)nc2c(C)cc(Cl)nn12. The van der Waals surface area contributed by atoms with Crippen molar-refractivity contribution < 1.29 is 9.53 Å². The van der Waals surface area contributed by atoms with Crippen molar-refractivity contribution in [3.63, 3.8) is 0 Å². The van der Waals surface area contributed by atoms with E-state index in [-0.39, 0.29) is 12.3 Å². The molecule has 3 rings (SSSR count). The molecule has 0 atom stereocenters. The Morgan fingerprint density at radius 2 is 2.05 bits per heavy atom. The van der Waals surface area contributed by atoms with E-state index >= 15 is 0 Å². The molecule has 0 saturated heterocycles. The minimum atomic E-state index is -0.469. The summed E-state index contributed by atoms with van der Waals surface area (Å²) in [6, 6.07) is 11.2. The van der Waals surface area contributed by atoms with Crippen LogP contribution in [0, 0.1) is 6.92 Å². The summed E-state index contributed by atoms with van der Waals surface area (Å²) >= 11 is 6.02. The van der Waals surface area contributed by atoms with E-state index in [1.54, 1.807) is 13.0 Å². The third-order valence-corrected chi connectivity index (χ3v) is 3.44. The molecule has 1 aromatic carbocycles. The molecule has 0 unspecified atom stereocenters. The van der Waals surface area contributed by atoms with E-state index in [4.69, 9.17) is 16.3 Å². The Hall–Kier alpha value is -2.40. The van der Waals surface area contributed by atoms with Crippen LogP contribution in [0.3, 0.4) is 0 Å². The zero-order valence-electron chi connectivity index (χ0n) is 12.2. The standard InChI is InChI=1S/C16H14ClN3O2/c1-3-22-16(21)14-13(11-7-5-4-6-8-11)18-15-10(2)9-12(17)19-20(14)15/h4-9H,3H2,1-2H3. The van der Waals surface area contributed by atoms with Gasteiger partial charge < -0.3 is 4.74 Å². The van der Waals surface area contributed by atoms with Crippen molar-refractivity contribution >= 4 is 23.2 Å². The molecular weight excluding hydrogens is 302 g/mol. The van der Waals surface area contributed by atoms with Gasteiger partial charge in [-0.1, -0.05) is 41.9 Å². The first-order chi connectivity index (χ1) is 10.6. The fourth-order valence-electron chi connectivity index (χ4n) is 2.31. The van der Waals surface area contributed by atoms with E-state index in [0.717, 1.165) is 11.1 Å². The molecule has 0 saturated carbocycles. The highest BCUT2D eigenvalue weighted by Crippen LogP contribution is 2.26. The van der Waals surface area contributed by atoms with Gasteiger partial charge in [0.1, 0.15) is 10.8 Å². The number of halogens is 1. The zero-order chi connectivity index (χ0) is 15.7. The van der Waals surface area contributed by atoms with Gasteiger partial charge in [-0.2, -0.15) is 5.10 Å². The average molecular weight is 316 g/mol. The maximum atomic E-state index is 12.4. The minimum Gasteiger partial charge on any atom is -0.461 e. The van der Waals surface area contributed by atoms with Gasteiger partial charge in [0.25, 0.3) is 0 Å². The Morgan fingerprint density at radius 3 is 2.73 bits per heavy atom. The molecule has 2 heterocycles. The lowest BCUT2D eigenvalue weighted by molar-refractivity contribution is 0.0518. The van der Waals surface area contributed by atoms with Gasteiger partial charge in [-0.05, 0) is 25.5 Å². The van der Waals surface area contributed by atoms with Crippen molar-refractivity contribution in [3.8, 4) is 11.3 Å². The Balaban J connectivity index is 2.33. The molecule has 22 heavy (non-hydrogen) atoms. The lowest BCUT2D eigenvalue weighted by atomic mass is 10.1. The van der Waals surface area contributed by atoms with Crippen LogP contribution in [0.4, 0.5) is 0 Å². The number of rotatable bonds is 3. The quantitative estimate of drug-likeness (QED) is 0.694. The number of nitrogens with zero attached hydrogens (tertiary/aromatic N) is 3. The van der Waals surface area contributed by atoms with Crippen molar-refractivity contribution in [2.75, 3.05) is 6.61 Å². The van der Waals surface area contributed by atoms with Crippen LogP contribution in [0.2, 0.25) is 5.15 Å². The number of fused-ring (bicyclic) bond motifs is 1. The molecule has 0 fully saturated rings. The normalized spacial score (nSPS) is 10.9. The summed E-state index contributed by atoms with van der Waals surface area (Å²) in [5.41, 5.74) is 3.08. The molecule has 0 aliphatic heterocycles. The fourth-order valence-corrected chi connectivity index (χ4v) is 2.55. The number of aromatic nitrogens is 3.